The van der Waals surface area contributed by atoms with Gasteiger partial charge in [0.1, 0.15) is 0 Å². The summed E-state index contributed by atoms with van der Waals surface area (Å²) in [4.78, 5) is 29.3. The predicted molar refractivity (Wildman–Crippen MR) is 187 cm³/mol. The van der Waals surface area contributed by atoms with E-state index in [2.05, 4.69) is 72.8 Å². The van der Waals surface area contributed by atoms with Gasteiger partial charge in [-0.05, 0) is 0 Å². The van der Waals surface area contributed by atoms with Crippen LogP contribution in [0.1, 0.15) is 0 Å². The van der Waals surface area contributed by atoms with Crippen LogP contribution in [0.4, 0.5) is 0 Å². The predicted octanol–water partition coefficient (Wildman–Crippen LogP) is 5.80. The summed E-state index contributed by atoms with van der Waals surface area (Å²) in [5, 5.41) is 8.64. The van der Waals surface area contributed by atoms with Gasteiger partial charge < -0.3 is 0 Å². The Morgan fingerprint density at radius 2 is 0.465 bits per heavy atom. The van der Waals surface area contributed by atoms with E-state index in [1.165, 1.54) is 0 Å². The molecule has 0 atom stereocenters. The Morgan fingerprint density at radius 3 is 0.605 bits per heavy atom. The second kappa shape index (κ2) is 12.7. The first-order chi connectivity index (χ1) is 21.3. The number of rotatable bonds is 10. The molecular weight excluding hydrogens is 609 g/mol. The van der Waals surface area contributed by atoms with Crippen LogP contribution in [0.3, 0.4) is 0 Å². The molecule has 0 bridgehead atoms. The Hall–Kier alpha value is -3.99. The first kappa shape index (κ1) is 29.1. The van der Waals surface area contributed by atoms with Crippen molar-refractivity contribution >= 4 is 54.4 Å². The van der Waals surface area contributed by atoms with E-state index in [0.717, 1.165) is 42.3 Å². The molecular formula is C38H34NiO2P2. The van der Waals surface area contributed by atoms with E-state index in [9.17, 15) is 9.59 Å². The third kappa shape index (κ3) is 4.56. The summed E-state index contributed by atoms with van der Waals surface area (Å²) >= 11 is -3.06. The molecule has 0 spiro atoms. The molecule has 6 aromatic carbocycles. The third-order valence-corrected chi connectivity index (χ3v) is 36.4. The van der Waals surface area contributed by atoms with Gasteiger partial charge in [-0.15, -0.1) is 0 Å². The van der Waals surface area contributed by atoms with Crippen molar-refractivity contribution in [2.75, 3.05) is 0 Å². The van der Waals surface area contributed by atoms with Crippen LogP contribution in [-0.2, 0) is 21.1 Å². The Morgan fingerprint density at radius 1 is 0.302 bits per heavy atom. The minimum atomic E-state index is -3.47. The fourth-order valence-electron chi connectivity index (χ4n) is 6.27. The van der Waals surface area contributed by atoms with Crippen LogP contribution in [0.25, 0.3) is 0 Å². The zero-order chi connectivity index (χ0) is 29.6. The molecule has 0 aliphatic heterocycles. The normalized spacial score (nSPS) is 13.0. The Bertz CT molecular complexity index is 1450. The van der Waals surface area contributed by atoms with Crippen LogP contribution in [0, 0.1) is 0 Å². The number of carbonyl (C=O) groups excluding carboxylic acids is 2. The Labute approximate surface area is 256 Å². The maximum atomic E-state index is 14.7. The van der Waals surface area contributed by atoms with Gasteiger partial charge in [0.2, 0.25) is 0 Å². The van der Waals surface area contributed by atoms with Crippen molar-refractivity contribution in [1.82, 2.24) is 0 Å². The standard InChI is InChI=1S/2C18H15P.2CHO.Ni/c2*1-4-10-16(11-5-1)19(17-12-6-2-7-13-17)18-14-8-3-9-15-18;2*1-2;/h2*1-15H;2*1H;/q;;;;-2/p+2. The Kier molecular flexibility index (Phi) is 8.60. The van der Waals surface area contributed by atoms with Gasteiger partial charge in [-0.25, -0.2) is 0 Å². The molecule has 218 valence electrons. The molecule has 0 radical (unpaired) electrons. The minimum absolute atomic E-state index is 1.06. The van der Waals surface area contributed by atoms with E-state index in [-0.39, 0.29) is 0 Å². The van der Waals surface area contributed by atoms with Gasteiger partial charge in [-0.2, -0.15) is 0 Å². The van der Waals surface area contributed by atoms with E-state index in [0.29, 0.717) is 0 Å². The molecule has 6 aromatic rings. The van der Waals surface area contributed by atoms with E-state index in [1.807, 2.05) is 109 Å². The Balaban J connectivity index is 1.94. The third-order valence-electron chi connectivity index (χ3n) is 7.94. The van der Waals surface area contributed by atoms with Gasteiger partial charge in [0, 0.05) is 0 Å². The molecule has 5 heteroatoms. The van der Waals surface area contributed by atoms with Gasteiger partial charge in [-0.3, -0.25) is 0 Å². The fraction of sp³-hybridized carbons (Fsp3) is 0. The average molecular weight is 643 g/mol. The molecule has 2 nitrogen and oxygen atoms in total. The summed E-state index contributed by atoms with van der Waals surface area (Å²) in [6.45, 7) is 0. The molecule has 0 aliphatic carbocycles. The van der Waals surface area contributed by atoms with Crippen molar-refractivity contribution in [2.45, 2.75) is 0 Å². The molecule has 0 aliphatic rings. The summed E-state index contributed by atoms with van der Waals surface area (Å²) in [6.07, 6.45) is 0. The van der Waals surface area contributed by atoms with Crippen LogP contribution in [0.5, 0.6) is 0 Å². The van der Waals surface area contributed by atoms with Crippen LogP contribution >= 0.6 is 12.1 Å². The summed E-state index contributed by atoms with van der Waals surface area (Å²) in [5.74, 6) is 0. The van der Waals surface area contributed by atoms with Crippen molar-refractivity contribution in [1.29, 1.82) is 0 Å². The summed E-state index contributed by atoms with van der Waals surface area (Å²) < 4.78 is 0. The van der Waals surface area contributed by atoms with E-state index in [1.54, 1.807) is 0 Å². The van der Waals surface area contributed by atoms with E-state index in [4.69, 9.17) is 0 Å². The second-order valence-corrected chi connectivity index (χ2v) is 28.3. The van der Waals surface area contributed by atoms with Crippen LogP contribution in [0.2, 0.25) is 0 Å². The molecule has 43 heavy (non-hydrogen) atoms. The first-order valence-corrected chi connectivity index (χ1v) is 21.9. The molecule has 0 aromatic heterocycles. The number of hydrogen-bond acceptors (Lipinski definition) is 2. The molecule has 0 unspecified atom stereocenters. The molecule has 0 amide bonds. The molecule has 0 heterocycles. The molecule has 0 saturated carbocycles. The first-order valence-electron chi connectivity index (χ1n) is 14.1. The average Bonchev–Trinajstić information content (AvgIpc) is 3.11. The van der Waals surface area contributed by atoms with Crippen molar-refractivity contribution in [3.8, 4) is 0 Å². The summed E-state index contributed by atoms with van der Waals surface area (Å²) in [6, 6.07) is 55.3. The van der Waals surface area contributed by atoms with Crippen molar-refractivity contribution in [2.24, 2.45) is 0 Å². The summed E-state index contributed by atoms with van der Waals surface area (Å²) in [5.41, 5.74) is 0. The van der Waals surface area contributed by atoms with Crippen molar-refractivity contribution < 1.29 is 21.1 Å². The topological polar surface area (TPSA) is 34.1 Å². The van der Waals surface area contributed by atoms with Gasteiger partial charge in [0.15, 0.2) is 0 Å². The van der Waals surface area contributed by atoms with Gasteiger partial charge in [0.05, 0.1) is 0 Å². The second-order valence-electron chi connectivity index (χ2n) is 10.1. The van der Waals surface area contributed by atoms with E-state index >= 15 is 0 Å². The van der Waals surface area contributed by atoms with Gasteiger partial charge >= 0.3 is 258 Å². The molecule has 6 rings (SSSR count). The maximum absolute atomic E-state index is 14.7. The monoisotopic (exact) mass is 642 g/mol. The molecule has 0 fully saturated rings. The molecule has 0 N–H and O–H groups in total. The number of carbonyl (C=O) groups is 2. The van der Waals surface area contributed by atoms with Gasteiger partial charge in [0.25, 0.3) is 0 Å². The quantitative estimate of drug-likeness (QED) is 0.108. The number of benzene rings is 6. The fourth-order valence-corrected chi connectivity index (χ4v) is 41.1. The zero-order valence-corrected chi connectivity index (χ0v) is 26.6. The number of hydrogen-bond donors (Lipinski definition) is 0. The summed E-state index contributed by atoms with van der Waals surface area (Å²) in [7, 11) is 0. The van der Waals surface area contributed by atoms with Gasteiger partial charge in [-0.1, -0.05) is 0 Å². The SMILES string of the molecule is O=[CH][Ni]([CH]=O)([PH](c1ccccc1)(c1ccccc1)c1ccccc1)[PH](c1ccccc1)(c1ccccc1)c1ccccc1. The van der Waals surface area contributed by atoms with Crippen LogP contribution in [-0.4, -0.2) is 10.5 Å². The zero-order valence-electron chi connectivity index (χ0n) is 23.6. The molecule has 0 saturated heterocycles. The van der Waals surface area contributed by atoms with Crippen LogP contribution in [0.15, 0.2) is 182 Å². The van der Waals surface area contributed by atoms with Crippen molar-refractivity contribution in [3.05, 3.63) is 182 Å². The van der Waals surface area contributed by atoms with Crippen LogP contribution < -0.4 is 31.8 Å². The van der Waals surface area contributed by atoms with Crippen molar-refractivity contribution in [3.63, 3.8) is 0 Å². The van der Waals surface area contributed by atoms with E-state index < -0.39 is 23.6 Å².